The lowest BCUT2D eigenvalue weighted by molar-refractivity contribution is -0.113. The van der Waals surface area contributed by atoms with Gasteiger partial charge in [-0.3, -0.25) is 9.59 Å². The van der Waals surface area contributed by atoms with Crippen LogP contribution in [0, 0.1) is 0 Å². The third-order valence-electron chi connectivity index (χ3n) is 6.13. The lowest BCUT2D eigenvalue weighted by Gasteiger charge is -2.36. The maximum Gasteiger partial charge on any atom is 0.277 e. The fourth-order valence-electron chi connectivity index (χ4n) is 4.19. The van der Waals surface area contributed by atoms with Gasteiger partial charge in [0.05, 0.1) is 12.2 Å². The summed E-state index contributed by atoms with van der Waals surface area (Å²) in [6.45, 7) is 2.81. The maximum absolute atomic E-state index is 12.8. The van der Waals surface area contributed by atoms with Crippen molar-refractivity contribution < 1.29 is 14.0 Å². The minimum Gasteiger partial charge on any atom is -0.416 e. The van der Waals surface area contributed by atoms with Crippen LogP contribution in [0.15, 0.2) is 93.0 Å². The lowest BCUT2D eigenvalue weighted by atomic mass is 10.1. The predicted molar refractivity (Wildman–Crippen MR) is 152 cm³/mol. The molecule has 2 heterocycles. The Morgan fingerprint density at radius 2 is 1.68 bits per heavy atom. The Bertz CT molecular complexity index is 1390. The molecule has 0 aliphatic carbocycles. The molecule has 0 unspecified atom stereocenters. The molecule has 3 aromatic carbocycles. The van der Waals surface area contributed by atoms with E-state index >= 15 is 0 Å². The van der Waals surface area contributed by atoms with Crippen LogP contribution < -0.4 is 10.2 Å². The second kappa shape index (κ2) is 12.3. The highest BCUT2D eigenvalue weighted by atomic mass is 79.9. The number of carbonyl (C=O) groups excluding carboxylic acids is 2. The quantitative estimate of drug-likeness (QED) is 0.284. The van der Waals surface area contributed by atoms with Crippen molar-refractivity contribution in [3.63, 3.8) is 0 Å². The topological polar surface area (TPSA) is 91.6 Å². The summed E-state index contributed by atoms with van der Waals surface area (Å²) in [5.41, 5.74) is 3.56. The average molecular weight is 593 g/mol. The number of piperazine rings is 1. The highest BCUT2D eigenvalue weighted by Gasteiger charge is 2.22. The molecule has 0 spiro atoms. The van der Waals surface area contributed by atoms with Crippen LogP contribution in [0.1, 0.15) is 21.8 Å². The largest absolute Gasteiger partial charge is 0.416 e. The Kier molecular flexibility index (Phi) is 8.40. The third kappa shape index (κ3) is 6.81. The number of thioether (sulfide) groups is 1. The molecule has 1 aliphatic rings. The van der Waals surface area contributed by atoms with E-state index < -0.39 is 0 Å². The molecule has 1 saturated heterocycles. The van der Waals surface area contributed by atoms with Crippen molar-refractivity contribution in [3.05, 3.63) is 100 Å². The Morgan fingerprint density at radius 3 is 2.42 bits per heavy atom. The van der Waals surface area contributed by atoms with Gasteiger partial charge >= 0.3 is 0 Å². The monoisotopic (exact) mass is 591 g/mol. The zero-order valence-corrected chi connectivity index (χ0v) is 23.0. The molecular weight excluding hydrogens is 566 g/mol. The summed E-state index contributed by atoms with van der Waals surface area (Å²) >= 11 is 4.64. The average Bonchev–Trinajstić information content (AvgIpc) is 3.40. The zero-order valence-electron chi connectivity index (χ0n) is 20.5. The summed E-state index contributed by atoms with van der Waals surface area (Å²) in [6, 6.07) is 25.1. The van der Waals surface area contributed by atoms with Gasteiger partial charge in [0.25, 0.3) is 11.1 Å². The van der Waals surface area contributed by atoms with E-state index in [1.54, 1.807) is 0 Å². The van der Waals surface area contributed by atoms with Crippen LogP contribution in [0.2, 0.25) is 0 Å². The van der Waals surface area contributed by atoms with Crippen LogP contribution >= 0.6 is 27.7 Å². The minimum atomic E-state index is -0.148. The van der Waals surface area contributed by atoms with E-state index in [1.165, 1.54) is 11.8 Å². The van der Waals surface area contributed by atoms with Crippen molar-refractivity contribution in [1.29, 1.82) is 0 Å². The zero-order chi connectivity index (χ0) is 26.3. The molecule has 2 amide bonds. The van der Waals surface area contributed by atoms with Crippen LogP contribution in [-0.2, 0) is 11.2 Å². The fraction of sp³-hybridized carbons (Fsp3) is 0.214. The minimum absolute atomic E-state index is 0.0508. The van der Waals surface area contributed by atoms with E-state index in [-0.39, 0.29) is 17.6 Å². The van der Waals surface area contributed by atoms with Gasteiger partial charge in [0.2, 0.25) is 11.8 Å². The number of hydrogen-bond acceptors (Lipinski definition) is 7. The molecule has 0 radical (unpaired) electrons. The molecule has 0 bridgehead atoms. The van der Waals surface area contributed by atoms with Gasteiger partial charge in [-0.2, -0.15) is 0 Å². The summed E-state index contributed by atoms with van der Waals surface area (Å²) < 4.78 is 6.55. The number of amides is 2. The van der Waals surface area contributed by atoms with Crippen LogP contribution in [-0.4, -0.2) is 58.8 Å². The molecule has 0 atom stereocenters. The Morgan fingerprint density at radius 1 is 0.921 bits per heavy atom. The molecule has 1 aromatic heterocycles. The molecule has 1 aliphatic heterocycles. The van der Waals surface area contributed by atoms with Crippen molar-refractivity contribution in [2.45, 2.75) is 11.6 Å². The molecule has 1 N–H and O–H groups in total. The second-order valence-corrected chi connectivity index (χ2v) is 10.6. The number of hydrogen-bond donors (Lipinski definition) is 1. The number of nitrogens with zero attached hydrogens (tertiary/aromatic N) is 4. The van der Waals surface area contributed by atoms with Crippen molar-refractivity contribution in [3.8, 4) is 0 Å². The number of nitrogens with one attached hydrogen (secondary N) is 1. The van der Waals surface area contributed by atoms with Gasteiger partial charge < -0.3 is 19.5 Å². The number of rotatable bonds is 8. The molecule has 8 nitrogen and oxygen atoms in total. The highest BCUT2D eigenvalue weighted by molar-refractivity contribution is 9.10. The maximum atomic E-state index is 12.8. The standard InChI is InChI=1S/C28H26BrN5O3S/c29-22-8-4-7-21(18-22)27(36)34-15-13-33(14-16-34)24-11-9-23(10-12-24)30-25(35)19-38-28-32-31-26(37-28)17-20-5-2-1-3-6-20/h1-12,18H,13-17,19H2,(H,30,35). The Labute approximate surface area is 233 Å². The molecule has 5 rings (SSSR count). The number of carbonyl (C=O) groups is 2. The van der Waals surface area contributed by atoms with Gasteiger partial charge in [0, 0.05) is 47.6 Å². The SMILES string of the molecule is O=C(CSc1nnc(Cc2ccccc2)o1)Nc1ccc(N2CCN(C(=O)c3cccc(Br)c3)CC2)cc1. The molecule has 38 heavy (non-hydrogen) atoms. The van der Waals surface area contributed by atoms with Gasteiger partial charge in [-0.05, 0) is 48.0 Å². The number of benzene rings is 3. The van der Waals surface area contributed by atoms with Gasteiger partial charge in [0.1, 0.15) is 0 Å². The smallest absolute Gasteiger partial charge is 0.277 e. The molecule has 1 fully saturated rings. The van der Waals surface area contributed by atoms with E-state index in [0.29, 0.717) is 36.2 Å². The normalized spacial score (nSPS) is 13.4. The first kappa shape index (κ1) is 26.0. The number of anilines is 2. The Balaban J connectivity index is 1.07. The predicted octanol–water partition coefficient (Wildman–Crippen LogP) is 5.12. The van der Waals surface area contributed by atoms with E-state index in [0.717, 1.165) is 34.5 Å². The van der Waals surface area contributed by atoms with Crippen LogP contribution in [0.25, 0.3) is 0 Å². The van der Waals surface area contributed by atoms with Crippen molar-refractivity contribution in [1.82, 2.24) is 15.1 Å². The van der Waals surface area contributed by atoms with Crippen molar-refractivity contribution in [2.75, 3.05) is 42.1 Å². The molecule has 10 heteroatoms. The summed E-state index contributed by atoms with van der Waals surface area (Å²) in [5, 5.41) is 11.4. The lowest BCUT2D eigenvalue weighted by Crippen LogP contribution is -2.48. The summed E-state index contributed by atoms with van der Waals surface area (Å²) in [4.78, 5) is 29.4. The first-order valence-corrected chi connectivity index (χ1v) is 14.0. The highest BCUT2D eigenvalue weighted by Crippen LogP contribution is 2.22. The van der Waals surface area contributed by atoms with E-state index in [4.69, 9.17) is 4.42 Å². The van der Waals surface area contributed by atoms with Crippen LogP contribution in [0.5, 0.6) is 0 Å². The van der Waals surface area contributed by atoms with Gasteiger partial charge in [-0.1, -0.05) is 64.1 Å². The first-order valence-electron chi connectivity index (χ1n) is 12.2. The third-order valence-corrected chi connectivity index (χ3v) is 7.44. The van der Waals surface area contributed by atoms with E-state index in [1.807, 2.05) is 83.8 Å². The first-order chi connectivity index (χ1) is 18.5. The molecule has 194 valence electrons. The summed E-state index contributed by atoms with van der Waals surface area (Å²) in [7, 11) is 0. The van der Waals surface area contributed by atoms with Crippen LogP contribution in [0.4, 0.5) is 11.4 Å². The molecular formula is C28H26BrN5O3S. The van der Waals surface area contributed by atoms with Gasteiger partial charge in [-0.25, -0.2) is 0 Å². The second-order valence-electron chi connectivity index (χ2n) is 8.80. The van der Waals surface area contributed by atoms with E-state index in [2.05, 4.69) is 36.3 Å². The van der Waals surface area contributed by atoms with E-state index in [9.17, 15) is 9.59 Å². The van der Waals surface area contributed by atoms with Crippen molar-refractivity contribution >= 4 is 50.9 Å². The van der Waals surface area contributed by atoms with Gasteiger partial charge in [-0.15, -0.1) is 10.2 Å². The van der Waals surface area contributed by atoms with Gasteiger partial charge in [0.15, 0.2) is 0 Å². The van der Waals surface area contributed by atoms with Crippen molar-refractivity contribution in [2.24, 2.45) is 0 Å². The number of aromatic nitrogens is 2. The van der Waals surface area contributed by atoms with Crippen LogP contribution in [0.3, 0.4) is 0 Å². The fourth-order valence-corrected chi connectivity index (χ4v) is 5.17. The number of halogens is 1. The Hall–Kier alpha value is -3.63. The summed E-state index contributed by atoms with van der Waals surface area (Å²) in [6.07, 6.45) is 0.559. The molecule has 4 aromatic rings. The summed E-state index contributed by atoms with van der Waals surface area (Å²) in [5.74, 6) is 0.594. The molecule has 0 saturated carbocycles.